The van der Waals surface area contributed by atoms with Crippen LogP contribution >= 0.6 is 0 Å². The highest BCUT2D eigenvalue weighted by molar-refractivity contribution is 5.53. The molecule has 0 saturated heterocycles. The van der Waals surface area contributed by atoms with Crippen LogP contribution < -0.4 is 4.74 Å². The lowest BCUT2D eigenvalue weighted by molar-refractivity contribution is 0.414. The molecule has 0 radical (unpaired) electrons. The number of methoxy groups -OCH3 is 1. The molecule has 13 heavy (non-hydrogen) atoms. The molecule has 68 valence electrons. The maximum absolute atomic E-state index is 5.11. The normalized spacial score (nSPS) is 11.2. The molecule has 0 atom stereocenters. The van der Waals surface area contributed by atoms with Crippen LogP contribution in [0.2, 0.25) is 0 Å². The Kier molecular flexibility index (Phi) is 3.83. The summed E-state index contributed by atoms with van der Waals surface area (Å²) in [7, 11) is 1.68. The largest absolute Gasteiger partial charge is 0.497 e. The average molecular weight is 174 g/mol. The molecule has 0 saturated carbocycles. The van der Waals surface area contributed by atoms with Gasteiger partial charge in [-0.3, -0.25) is 0 Å². The van der Waals surface area contributed by atoms with Gasteiger partial charge in [-0.2, -0.15) is 0 Å². The van der Waals surface area contributed by atoms with E-state index in [0.29, 0.717) is 0 Å². The summed E-state index contributed by atoms with van der Waals surface area (Å²) >= 11 is 0. The van der Waals surface area contributed by atoms with Crippen LogP contribution in [-0.2, 0) is 0 Å². The van der Waals surface area contributed by atoms with Crippen LogP contribution in [0, 0.1) is 0 Å². The molecule has 0 amide bonds. The van der Waals surface area contributed by atoms with Crippen LogP contribution in [0.3, 0.4) is 0 Å². The minimum absolute atomic E-state index is 0.891. The van der Waals surface area contributed by atoms with Gasteiger partial charge in [-0.05, 0) is 24.6 Å². The summed E-state index contributed by atoms with van der Waals surface area (Å²) in [6.07, 6.45) is 8.05. The molecule has 0 heterocycles. The Bertz CT molecular complexity index is 311. The fourth-order valence-electron chi connectivity index (χ4n) is 1.02. The number of rotatable bonds is 3. The minimum atomic E-state index is 0.891. The number of ether oxygens (including phenoxy) is 1. The van der Waals surface area contributed by atoms with Gasteiger partial charge in [0.15, 0.2) is 0 Å². The fraction of sp³-hybridized carbons (Fsp3) is 0.167. The van der Waals surface area contributed by atoms with E-state index >= 15 is 0 Å². The van der Waals surface area contributed by atoms with Crippen molar-refractivity contribution < 1.29 is 4.74 Å². The molecule has 1 heteroatoms. The Morgan fingerprint density at radius 3 is 2.77 bits per heavy atom. The van der Waals surface area contributed by atoms with E-state index in [4.69, 9.17) is 4.74 Å². The predicted octanol–water partition coefficient (Wildman–Crippen LogP) is 3.28. The Morgan fingerprint density at radius 2 is 2.08 bits per heavy atom. The maximum atomic E-state index is 5.11. The van der Waals surface area contributed by atoms with Crippen molar-refractivity contribution in [2.75, 3.05) is 7.11 Å². The van der Waals surface area contributed by atoms with E-state index < -0.39 is 0 Å². The zero-order valence-electron chi connectivity index (χ0n) is 8.03. The Labute approximate surface area is 79.4 Å². The summed E-state index contributed by atoms with van der Waals surface area (Å²) in [4.78, 5) is 0. The van der Waals surface area contributed by atoms with Crippen molar-refractivity contribution in [2.45, 2.75) is 6.92 Å². The van der Waals surface area contributed by atoms with E-state index in [0.717, 1.165) is 11.3 Å². The molecular formula is C12H14O. The number of hydrogen-bond acceptors (Lipinski definition) is 1. The smallest absolute Gasteiger partial charge is 0.119 e. The zero-order valence-corrected chi connectivity index (χ0v) is 8.03. The second kappa shape index (κ2) is 5.20. The quantitative estimate of drug-likeness (QED) is 0.639. The van der Waals surface area contributed by atoms with Crippen molar-refractivity contribution in [3.63, 3.8) is 0 Å². The zero-order chi connectivity index (χ0) is 9.52. The van der Waals surface area contributed by atoms with E-state index in [1.54, 1.807) is 7.11 Å². The summed E-state index contributed by atoms with van der Waals surface area (Å²) < 4.78 is 5.11. The lowest BCUT2D eigenvalue weighted by Crippen LogP contribution is -1.81. The Balaban J connectivity index is 2.77. The van der Waals surface area contributed by atoms with Gasteiger partial charge in [-0.25, -0.2) is 0 Å². The monoisotopic (exact) mass is 174 g/mol. The lowest BCUT2D eigenvalue weighted by Gasteiger charge is -1.99. The highest BCUT2D eigenvalue weighted by Gasteiger charge is 1.89. The molecule has 0 bridgehead atoms. The molecule has 0 fully saturated rings. The molecule has 0 aliphatic rings. The number of hydrogen-bond donors (Lipinski definition) is 0. The third kappa shape index (κ3) is 3.16. The number of allylic oxidation sites excluding steroid dienone is 3. The van der Waals surface area contributed by atoms with E-state index in [2.05, 4.69) is 0 Å². The van der Waals surface area contributed by atoms with Crippen LogP contribution in [0.25, 0.3) is 6.08 Å². The summed E-state index contributed by atoms with van der Waals surface area (Å²) in [5.41, 5.74) is 1.15. The molecule has 0 spiro atoms. The van der Waals surface area contributed by atoms with Gasteiger partial charge >= 0.3 is 0 Å². The van der Waals surface area contributed by atoms with Crippen LogP contribution in [0.5, 0.6) is 5.75 Å². The third-order valence-electron chi connectivity index (χ3n) is 1.69. The fourth-order valence-corrected chi connectivity index (χ4v) is 1.02. The van der Waals surface area contributed by atoms with Gasteiger partial charge in [0.2, 0.25) is 0 Å². The first kappa shape index (κ1) is 9.59. The molecule has 1 rings (SSSR count). The van der Waals surface area contributed by atoms with Gasteiger partial charge in [0, 0.05) is 0 Å². The van der Waals surface area contributed by atoms with Crippen LogP contribution in [0.15, 0.2) is 42.5 Å². The van der Waals surface area contributed by atoms with Crippen LogP contribution in [0.1, 0.15) is 12.5 Å². The molecule has 1 aromatic carbocycles. The average Bonchev–Trinajstić information content (AvgIpc) is 2.19. The first-order valence-corrected chi connectivity index (χ1v) is 4.30. The second-order valence-corrected chi connectivity index (χ2v) is 2.66. The summed E-state index contributed by atoms with van der Waals surface area (Å²) in [6, 6.07) is 7.96. The topological polar surface area (TPSA) is 9.23 Å². The highest BCUT2D eigenvalue weighted by atomic mass is 16.5. The maximum Gasteiger partial charge on any atom is 0.119 e. The third-order valence-corrected chi connectivity index (χ3v) is 1.69. The van der Waals surface area contributed by atoms with E-state index in [1.807, 2.05) is 55.5 Å². The van der Waals surface area contributed by atoms with Crippen molar-refractivity contribution in [3.8, 4) is 5.75 Å². The van der Waals surface area contributed by atoms with Crippen LogP contribution in [0.4, 0.5) is 0 Å². The Morgan fingerprint density at radius 1 is 1.23 bits per heavy atom. The molecule has 0 aromatic heterocycles. The Hall–Kier alpha value is -1.50. The van der Waals surface area contributed by atoms with Crippen molar-refractivity contribution >= 4 is 6.08 Å². The molecule has 0 N–H and O–H groups in total. The van der Waals surface area contributed by atoms with Gasteiger partial charge in [0.1, 0.15) is 5.75 Å². The standard InChI is InChI=1S/C12H14O/c1-3-4-5-7-11-8-6-9-12(10-11)13-2/h3-10H,1-2H3/b4-3+,7-5+. The predicted molar refractivity (Wildman–Crippen MR) is 56.8 cm³/mol. The van der Waals surface area contributed by atoms with Crippen molar-refractivity contribution in [3.05, 3.63) is 48.1 Å². The van der Waals surface area contributed by atoms with Gasteiger partial charge in [-0.1, -0.05) is 36.4 Å². The molecule has 0 aliphatic carbocycles. The first-order valence-electron chi connectivity index (χ1n) is 4.30. The van der Waals surface area contributed by atoms with Gasteiger partial charge in [0.05, 0.1) is 7.11 Å². The molecular weight excluding hydrogens is 160 g/mol. The number of benzene rings is 1. The minimum Gasteiger partial charge on any atom is -0.497 e. The van der Waals surface area contributed by atoms with E-state index in [-0.39, 0.29) is 0 Å². The van der Waals surface area contributed by atoms with Gasteiger partial charge < -0.3 is 4.74 Å². The molecule has 1 nitrogen and oxygen atoms in total. The second-order valence-electron chi connectivity index (χ2n) is 2.66. The van der Waals surface area contributed by atoms with E-state index in [9.17, 15) is 0 Å². The first-order chi connectivity index (χ1) is 6.36. The lowest BCUT2D eigenvalue weighted by atomic mass is 10.2. The highest BCUT2D eigenvalue weighted by Crippen LogP contribution is 2.13. The summed E-state index contributed by atoms with van der Waals surface area (Å²) in [5, 5.41) is 0. The van der Waals surface area contributed by atoms with Crippen molar-refractivity contribution in [2.24, 2.45) is 0 Å². The molecule has 0 unspecified atom stereocenters. The van der Waals surface area contributed by atoms with Gasteiger partial charge in [-0.15, -0.1) is 0 Å². The molecule has 0 aliphatic heterocycles. The van der Waals surface area contributed by atoms with E-state index in [1.165, 1.54) is 0 Å². The SMILES string of the molecule is C/C=C/C=C/c1cccc(OC)c1. The van der Waals surface area contributed by atoms with Crippen molar-refractivity contribution in [1.29, 1.82) is 0 Å². The molecule has 1 aromatic rings. The van der Waals surface area contributed by atoms with Crippen LogP contribution in [-0.4, -0.2) is 7.11 Å². The van der Waals surface area contributed by atoms with Gasteiger partial charge in [0.25, 0.3) is 0 Å². The van der Waals surface area contributed by atoms with Crippen molar-refractivity contribution in [1.82, 2.24) is 0 Å². The summed E-state index contributed by atoms with van der Waals surface area (Å²) in [6.45, 7) is 2.00. The summed E-state index contributed by atoms with van der Waals surface area (Å²) in [5.74, 6) is 0.891.